The van der Waals surface area contributed by atoms with E-state index in [0.29, 0.717) is 6.79 Å². The number of benzene rings is 2. The molecule has 0 amide bonds. The Bertz CT molecular complexity index is 724. The highest BCUT2D eigenvalue weighted by Gasteiger charge is 2.24. The van der Waals surface area contributed by atoms with Crippen molar-refractivity contribution in [2.45, 2.75) is 6.42 Å². The molecule has 0 aromatic heterocycles. The van der Waals surface area contributed by atoms with Crippen LogP contribution < -0.4 is 9.47 Å². The first-order valence-corrected chi connectivity index (χ1v) is 7.39. The van der Waals surface area contributed by atoms with E-state index in [-0.39, 0.29) is 0 Å². The van der Waals surface area contributed by atoms with E-state index in [1.54, 1.807) is 0 Å². The summed E-state index contributed by atoms with van der Waals surface area (Å²) in [5, 5.41) is 0. The van der Waals surface area contributed by atoms with Crippen LogP contribution in [0.2, 0.25) is 0 Å². The Morgan fingerprint density at radius 2 is 1.85 bits per heavy atom. The van der Waals surface area contributed by atoms with Crippen molar-refractivity contribution < 1.29 is 14.0 Å². The molecule has 2 aromatic carbocycles. The lowest BCUT2D eigenvalue weighted by Crippen LogP contribution is -2.18. The molecule has 0 spiro atoms. The standard InChI is InChI=1S/C16H13BrNO2/c17-13-3-1-2-4-14(13)18-6-5-11-7-15-16(20-10-19-15)8-12(11)9-18/h1-4,7-9H,5-6,10H2/q+1. The lowest BCUT2D eigenvalue weighted by molar-refractivity contribution is -0.437. The van der Waals surface area contributed by atoms with Crippen LogP contribution in [0.4, 0.5) is 5.69 Å². The zero-order valence-electron chi connectivity index (χ0n) is 10.8. The van der Waals surface area contributed by atoms with E-state index in [1.807, 2.05) is 6.07 Å². The number of rotatable bonds is 1. The van der Waals surface area contributed by atoms with E-state index in [1.165, 1.54) is 16.8 Å². The Labute approximate surface area is 125 Å². The normalized spacial score (nSPS) is 15.8. The number of fused-ring (bicyclic) bond motifs is 2. The van der Waals surface area contributed by atoms with Gasteiger partial charge in [0, 0.05) is 18.1 Å². The van der Waals surface area contributed by atoms with E-state index in [2.05, 4.69) is 57.1 Å². The van der Waals surface area contributed by atoms with Crippen LogP contribution in [0.1, 0.15) is 11.1 Å². The predicted molar refractivity (Wildman–Crippen MR) is 80.4 cm³/mol. The van der Waals surface area contributed by atoms with Gasteiger partial charge in [-0.05, 0) is 39.7 Å². The first-order valence-electron chi connectivity index (χ1n) is 6.60. The molecule has 2 aliphatic heterocycles. The van der Waals surface area contributed by atoms with Gasteiger partial charge >= 0.3 is 0 Å². The Kier molecular flexibility index (Phi) is 2.77. The lowest BCUT2D eigenvalue weighted by atomic mass is 10.0. The molecule has 4 heteroatoms. The van der Waals surface area contributed by atoms with Gasteiger partial charge in [0.15, 0.2) is 24.3 Å². The molecule has 2 aromatic rings. The maximum Gasteiger partial charge on any atom is 0.231 e. The van der Waals surface area contributed by atoms with Crippen molar-refractivity contribution in [3.8, 4) is 11.5 Å². The van der Waals surface area contributed by atoms with Crippen molar-refractivity contribution in [2.75, 3.05) is 13.3 Å². The van der Waals surface area contributed by atoms with Crippen LogP contribution in [0.3, 0.4) is 0 Å². The third-order valence-corrected chi connectivity index (χ3v) is 4.38. The summed E-state index contributed by atoms with van der Waals surface area (Å²) < 4.78 is 14.3. The van der Waals surface area contributed by atoms with Crippen LogP contribution >= 0.6 is 15.9 Å². The van der Waals surface area contributed by atoms with E-state index in [0.717, 1.165) is 28.9 Å². The van der Waals surface area contributed by atoms with Crippen molar-refractivity contribution in [1.82, 2.24) is 0 Å². The van der Waals surface area contributed by atoms with Gasteiger partial charge < -0.3 is 9.47 Å². The van der Waals surface area contributed by atoms with E-state index in [4.69, 9.17) is 9.47 Å². The van der Waals surface area contributed by atoms with Crippen LogP contribution in [0.25, 0.3) is 0 Å². The lowest BCUT2D eigenvalue weighted by Gasteiger charge is -2.13. The number of halogens is 1. The Morgan fingerprint density at radius 1 is 1.05 bits per heavy atom. The van der Waals surface area contributed by atoms with Gasteiger partial charge in [0.1, 0.15) is 0 Å². The van der Waals surface area contributed by atoms with Crippen molar-refractivity contribution in [3.63, 3.8) is 0 Å². The molecule has 2 aliphatic rings. The van der Waals surface area contributed by atoms with Crippen LogP contribution in [0.15, 0.2) is 40.9 Å². The second-order valence-corrected chi connectivity index (χ2v) is 5.78. The predicted octanol–water partition coefficient (Wildman–Crippen LogP) is 3.50. The summed E-state index contributed by atoms with van der Waals surface area (Å²) in [6.07, 6.45) is 3.19. The maximum absolute atomic E-state index is 5.46. The monoisotopic (exact) mass is 330 g/mol. The van der Waals surface area contributed by atoms with Gasteiger partial charge in [-0.25, -0.2) is 0 Å². The molecule has 20 heavy (non-hydrogen) atoms. The topological polar surface area (TPSA) is 21.5 Å². The van der Waals surface area contributed by atoms with Crippen molar-refractivity contribution in [2.24, 2.45) is 0 Å². The number of hydrogen-bond donors (Lipinski definition) is 0. The minimum Gasteiger partial charge on any atom is -0.454 e. The van der Waals surface area contributed by atoms with Gasteiger partial charge in [0.25, 0.3) is 0 Å². The van der Waals surface area contributed by atoms with Crippen LogP contribution in [0.5, 0.6) is 11.5 Å². The Balaban J connectivity index is 1.80. The second-order valence-electron chi connectivity index (χ2n) is 4.93. The average molecular weight is 331 g/mol. The fourth-order valence-corrected chi connectivity index (χ4v) is 3.20. The summed E-state index contributed by atoms with van der Waals surface area (Å²) in [7, 11) is 0. The number of nitrogens with zero attached hydrogens (tertiary/aromatic N) is 1. The molecule has 0 fully saturated rings. The summed E-state index contributed by atoms with van der Waals surface area (Å²) in [5.74, 6) is 1.71. The zero-order valence-corrected chi connectivity index (χ0v) is 12.4. The van der Waals surface area contributed by atoms with Gasteiger partial charge in [-0.2, -0.15) is 4.58 Å². The molecule has 0 radical (unpaired) electrons. The highest BCUT2D eigenvalue weighted by molar-refractivity contribution is 9.10. The van der Waals surface area contributed by atoms with Crippen LogP contribution in [0, 0.1) is 0 Å². The van der Waals surface area contributed by atoms with E-state index >= 15 is 0 Å². The molecule has 0 N–H and O–H groups in total. The fourth-order valence-electron chi connectivity index (χ4n) is 2.68. The minimum absolute atomic E-state index is 0.326. The molecule has 0 aliphatic carbocycles. The van der Waals surface area contributed by atoms with Gasteiger partial charge in [-0.1, -0.05) is 12.1 Å². The smallest absolute Gasteiger partial charge is 0.231 e. The summed E-state index contributed by atoms with van der Waals surface area (Å²) >= 11 is 3.62. The third-order valence-electron chi connectivity index (χ3n) is 3.71. The molecule has 0 unspecified atom stereocenters. The third kappa shape index (κ3) is 1.91. The quantitative estimate of drug-likeness (QED) is 0.746. The Hall–Kier alpha value is -1.81. The molecule has 0 atom stereocenters. The van der Waals surface area contributed by atoms with Crippen LogP contribution in [-0.4, -0.2) is 24.1 Å². The van der Waals surface area contributed by atoms with Crippen molar-refractivity contribution in [3.05, 3.63) is 52.0 Å². The van der Waals surface area contributed by atoms with Crippen LogP contribution in [-0.2, 0) is 6.42 Å². The highest BCUT2D eigenvalue weighted by Crippen LogP contribution is 2.36. The minimum atomic E-state index is 0.326. The van der Waals surface area contributed by atoms with Gasteiger partial charge in [-0.3, -0.25) is 0 Å². The molecule has 0 saturated heterocycles. The van der Waals surface area contributed by atoms with Gasteiger partial charge in [0.05, 0.1) is 4.47 Å². The molecule has 100 valence electrons. The molecular formula is C16H13BrNO2+. The van der Waals surface area contributed by atoms with Crippen molar-refractivity contribution in [1.29, 1.82) is 0 Å². The second kappa shape index (κ2) is 4.63. The number of ether oxygens (including phenoxy) is 2. The number of para-hydroxylation sites is 1. The summed E-state index contributed by atoms with van der Waals surface area (Å²) in [6.45, 7) is 1.29. The highest BCUT2D eigenvalue weighted by atomic mass is 79.9. The summed E-state index contributed by atoms with van der Waals surface area (Å²) in [6, 6.07) is 12.5. The molecule has 0 bridgehead atoms. The average Bonchev–Trinajstić information content (AvgIpc) is 2.92. The zero-order chi connectivity index (χ0) is 13.5. The SMILES string of the molecule is Brc1ccccc1[N+]1=Cc2cc3c(cc2CC1)OCO3. The summed E-state index contributed by atoms with van der Waals surface area (Å²) in [5.41, 5.74) is 3.71. The molecule has 3 nitrogen and oxygen atoms in total. The first-order chi connectivity index (χ1) is 9.81. The number of hydrogen-bond acceptors (Lipinski definition) is 2. The van der Waals surface area contributed by atoms with E-state index in [9.17, 15) is 0 Å². The molecule has 0 saturated carbocycles. The maximum atomic E-state index is 5.46. The summed E-state index contributed by atoms with van der Waals surface area (Å²) in [4.78, 5) is 0. The molecular weight excluding hydrogens is 318 g/mol. The first kappa shape index (κ1) is 12.0. The van der Waals surface area contributed by atoms with Crippen molar-refractivity contribution >= 4 is 27.8 Å². The van der Waals surface area contributed by atoms with Gasteiger partial charge in [0.2, 0.25) is 12.5 Å². The molecule has 4 rings (SSSR count). The van der Waals surface area contributed by atoms with Gasteiger partial charge in [-0.15, -0.1) is 0 Å². The Morgan fingerprint density at radius 3 is 2.70 bits per heavy atom. The van der Waals surface area contributed by atoms with E-state index < -0.39 is 0 Å². The molecule has 2 heterocycles. The fraction of sp³-hybridized carbons (Fsp3) is 0.188. The largest absolute Gasteiger partial charge is 0.454 e.